The van der Waals surface area contributed by atoms with Crippen molar-refractivity contribution in [2.24, 2.45) is 10.7 Å². The van der Waals surface area contributed by atoms with E-state index in [1.807, 2.05) is 0 Å². The van der Waals surface area contributed by atoms with Crippen molar-refractivity contribution in [2.75, 3.05) is 5.32 Å². The lowest BCUT2D eigenvalue weighted by atomic mass is 10.1. The molecule has 1 aromatic carbocycles. The number of alkyl halides is 3. The first-order valence-corrected chi connectivity index (χ1v) is 8.96. The summed E-state index contributed by atoms with van der Waals surface area (Å²) in [5, 5.41) is 3.05. The van der Waals surface area contributed by atoms with Crippen molar-refractivity contribution in [3.8, 4) is 0 Å². The highest BCUT2D eigenvalue weighted by molar-refractivity contribution is 6.10. The lowest BCUT2D eigenvalue weighted by Gasteiger charge is -2.12. The maximum Gasteiger partial charge on any atom is 0.416 e. The summed E-state index contributed by atoms with van der Waals surface area (Å²) in [7, 11) is 0. The summed E-state index contributed by atoms with van der Waals surface area (Å²) in [5.41, 5.74) is 7.34. The highest BCUT2D eigenvalue weighted by atomic mass is 19.4. The molecule has 0 saturated carbocycles. The zero-order valence-corrected chi connectivity index (χ0v) is 16.2. The van der Waals surface area contributed by atoms with E-state index >= 15 is 0 Å². The van der Waals surface area contributed by atoms with Gasteiger partial charge in [-0.05, 0) is 49.7 Å². The Morgan fingerprint density at radius 2 is 1.80 bits per heavy atom. The number of carbonyl (C=O) groups excluding carboxylic acids is 1. The number of nitrogens with one attached hydrogen (secondary N) is 1. The minimum atomic E-state index is -4.39. The van der Waals surface area contributed by atoms with Crippen LogP contribution in [0, 0.1) is 13.8 Å². The van der Waals surface area contributed by atoms with Gasteiger partial charge in [0.25, 0.3) is 5.91 Å². The number of aromatic nitrogens is 1. The zero-order valence-electron chi connectivity index (χ0n) is 16.2. The summed E-state index contributed by atoms with van der Waals surface area (Å²) in [6.45, 7) is 3.63. The fourth-order valence-corrected chi connectivity index (χ4v) is 2.73. The molecule has 9 heteroatoms. The minimum absolute atomic E-state index is 0.0389. The van der Waals surface area contributed by atoms with E-state index in [1.54, 1.807) is 26.0 Å². The number of rotatable bonds is 5. The third kappa shape index (κ3) is 4.86. The van der Waals surface area contributed by atoms with E-state index in [4.69, 9.17) is 10.2 Å². The van der Waals surface area contributed by atoms with Crippen LogP contribution < -0.4 is 11.1 Å². The molecule has 1 amide bonds. The van der Waals surface area contributed by atoms with Crippen LogP contribution in [-0.4, -0.2) is 16.7 Å². The number of nitrogens with two attached hydrogens (primary N) is 1. The molecule has 0 unspecified atom stereocenters. The monoisotopic (exact) mass is 416 g/mol. The summed E-state index contributed by atoms with van der Waals surface area (Å²) in [4.78, 5) is 20.6. The van der Waals surface area contributed by atoms with Crippen LogP contribution in [-0.2, 0) is 12.7 Å². The number of pyridine rings is 1. The maximum atomic E-state index is 12.7. The fraction of sp³-hybridized carbons (Fsp3) is 0.190. The van der Waals surface area contributed by atoms with Crippen LogP contribution in [0.25, 0.3) is 0 Å². The number of amides is 1. The zero-order chi connectivity index (χ0) is 21.9. The van der Waals surface area contributed by atoms with Crippen LogP contribution in [0.1, 0.15) is 38.5 Å². The quantitative estimate of drug-likeness (QED) is 0.473. The molecule has 0 bridgehead atoms. The van der Waals surface area contributed by atoms with E-state index in [1.165, 1.54) is 24.5 Å². The summed E-state index contributed by atoms with van der Waals surface area (Å²) < 4.78 is 43.2. The summed E-state index contributed by atoms with van der Waals surface area (Å²) in [6.07, 6.45) is -3.00. The molecule has 2 heterocycles. The topological polar surface area (TPSA) is 93.5 Å². The van der Waals surface area contributed by atoms with Gasteiger partial charge in [0.15, 0.2) is 0 Å². The van der Waals surface area contributed by atoms with E-state index < -0.39 is 17.6 Å². The molecule has 0 aliphatic heterocycles. The molecular formula is C21H19F3N4O2. The van der Waals surface area contributed by atoms with Gasteiger partial charge in [0.2, 0.25) is 0 Å². The van der Waals surface area contributed by atoms with Gasteiger partial charge in [-0.3, -0.25) is 4.79 Å². The largest absolute Gasteiger partial charge is 0.469 e. The maximum absolute atomic E-state index is 12.7. The Hall–Kier alpha value is -3.62. The Morgan fingerprint density at radius 1 is 1.10 bits per heavy atom. The molecule has 2 aromatic heterocycles. The number of aryl methyl sites for hydroxylation is 2. The molecule has 156 valence electrons. The molecule has 0 fully saturated rings. The Balaban J connectivity index is 1.81. The third-order valence-corrected chi connectivity index (χ3v) is 4.36. The predicted molar refractivity (Wildman–Crippen MR) is 106 cm³/mol. The Bertz CT molecular complexity index is 1090. The smallest absolute Gasteiger partial charge is 0.416 e. The number of amidine groups is 1. The molecule has 0 aliphatic rings. The van der Waals surface area contributed by atoms with Crippen LogP contribution in [0.5, 0.6) is 0 Å². The van der Waals surface area contributed by atoms with E-state index in [-0.39, 0.29) is 12.4 Å². The standard InChI is InChI=1S/C21H19F3N4O2/c1-12-3-8-17(18(25)28-20(29)16-9-10-30-13(16)2)19(27-12)26-11-14-4-6-15(7-5-14)21(22,23)24/h3-10H,11H2,1-2H3,(H,26,27)(H2,25,28,29). The summed E-state index contributed by atoms with van der Waals surface area (Å²) >= 11 is 0. The second-order valence-electron chi connectivity index (χ2n) is 6.59. The van der Waals surface area contributed by atoms with Crippen LogP contribution >= 0.6 is 0 Å². The van der Waals surface area contributed by atoms with Crippen molar-refractivity contribution in [1.29, 1.82) is 0 Å². The van der Waals surface area contributed by atoms with Gasteiger partial charge >= 0.3 is 6.18 Å². The van der Waals surface area contributed by atoms with Gasteiger partial charge in [0.1, 0.15) is 17.4 Å². The molecule has 3 rings (SSSR count). The van der Waals surface area contributed by atoms with Crippen molar-refractivity contribution in [1.82, 2.24) is 4.98 Å². The van der Waals surface area contributed by atoms with Gasteiger partial charge in [-0.2, -0.15) is 18.2 Å². The van der Waals surface area contributed by atoms with Gasteiger partial charge < -0.3 is 15.5 Å². The average molecular weight is 416 g/mol. The number of furan rings is 1. The highest BCUT2D eigenvalue weighted by Gasteiger charge is 2.29. The lowest BCUT2D eigenvalue weighted by Crippen LogP contribution is -2.19. The van der Waals surface area contributed by atoms with Gasteiger partial charge in [-0.25, -0.2) is 4.98 Å². The number of halogens is 3. The number of hydrogen-bond acceptors (Lipinski definition) is 4. The fourth-order valence-electron chi connectivity index (χ4n) is 2.73. The second-order valence-corrected chi connectivity index (χ2v) is 6.59. The lowest BCUT2D eigenvalue weighted by molar-refractivity contribution is -0.137. The first-order valence-electron chi connectivity index (χ1n) is 8.96. The van der Waals surface area contributed by atoms with Crippen molar-refractivity contribution < 1.29 is 22.4 Å². The number of nitrogens with zero attached hydrogens (tertiary/aromatic N) is 2. The van der Waals surface area contributed by atoms with Crippen molar-refractivity contribution in [2.45, 2.75) is 26.6 Å². The van der Waals surface area contributed by atoms with E-state index in [0.29, 0.717) is 34.0 Å². The van der Waals surface area contributed by atoms with E-state index in [0.717, 1.165) is 12.1 Å². The number of anilines is 1. The van der Waals surface area contributed by atoms with E-state index in [9.17, 15) is 18.0 Å². The van der Waals surface area contributed by atoms with Crippen LogP contribution in [0.15, 0.2) is 58.1 Å². The number of hydrogen-bond donors (Lipinski definition) is 2. The van der Waals surface area contributed by atoms with Crippen molar-refractivity contribution in [3.63, 3.8) is 0 Å². The molecule has 3 aromatic rings. The van der Waals surface area contributed by atoms with Crippen molar-refractivity contribution in [3.05, 3.63) is 82.4 Å². The van der Waals surface area contributed by atoms with Crippen molar-refractivity contribution >= 4 is 17.6 Å². The minimum Gasteiger partial charge on any atom is -0.469 e. The number of benzene rings is 1. The SMILES string of the molecule is Cc1ccc(C(N)=NC(=O)c2ccoc2C)c(NCc2ccc(C(F)(F)F)cc2)n1. The Morgan fingerprint density at radius 3 is 2.40 bits per heavy atom. The molecule has 0 radical (unpaired) electrons. The average Bonchev–Trinajstić information content (AvgIpc) is 3.12. The molecule has 0 aliphatic carbocycles. The summed E-state index contributed by atoms with van der Waals surface area (Å²) in [5.74, 6) is 0.211. The van der Waals surface area contributed by atoms with Gasteiger partial charge in [0, 0.05) is 12.2 Å². The second kappa shape index (κ2) is 8.40. The van der Waals surface area contributed by atoms with Crippen LogP contribution in [0.2, 0.25) is 0 Å². The molecular weight excluding hydrogens is 397 g/mol. The molecule has 0 atom stereocenters. The molecule has 0 saturated heterocycles. The van der Waals surface area contributed by atoms with E-state index in [2.05, 4.69) is 15.3 Å². The number of aliphatic imine (C=N–C) groups is 1. The third-order valence-electron chi connectivity index (χ3n) is 4.36. The molecule has 6 nitrogen and oxygen atoms in total. The first kappa shape index (κ1) is 21.1. The van der Waals surface area contributed by atoms with Crippen LogP contribution in [0.4, 0.5) is 19.0 Å². The van der Waals surface area contributed by atoms with Crippen LogP contribution in [0.3, 0.4) is 0 Å². The van der Waals surface area contributed by atoms with Gasteiger partial charge in [0.05, 0.1) is 23.0 Å². The molecule has 30 heavy (non-hydrogen) atoms. The molecule has 0 spiro atoms. The normalized spacial score (nSPS) is 12.1. The Labute approximate surface area is 170 Å². The highest BCUT2D eigenvalue weighted by Crippen LogP contribution is 2.29. The predicted octanol–water partition coefficient (Wildman–Crippen LogP) is 4.47. The Kier molecular flexibility index (Phi) is 5.91. The first-order chi connectivity index (χ1) is 14.1. The summed E-state index contributed by atoms with van der Waals surface area (Å²) in [6, 6.07) is 9.69. The number of carbonyl (C=O) groups is 1. The molecule has 3 N–H and O–H groups in total. The van der Waals surface area contributed by atoms with Gasteiger partial charge in [-0.15, -0.1) is 0 Å². The van der Waals surface area contributed by atoms with Gasteiger partial charge in [-0.1, -0.05) is 12.1 Å².